The summed E-state index contributed by atoms with van der Waals surface area (Å²) in [6.45, 7) is 10.9. The summed E-state index contributed by atoms with van der Waals surface area (Å²) in [6.07, 6.45) is 1.61. The van der Waals surface area contributed by atoms with Gasteiger partial charge >= 0.3 is 6.09 Å². The fourth-order valence-electron chi connectivity index (χ4n) is 2.43. The Morgan fingerprint density at radius 3 is 2.43 bits per heavy atom. The van der Waals surface area contributed by atoms with E-state index in [9.17, 15) is 4.79 Å². The van der Waals surface area contributed by atoms with Crippen molar-refractivity contribution in [2.75, 3.05) is 26.2 Å². The first-order valence-electron chi connectivity index (χ1n) is 7.50. The zero-order valence-electron chi connectivity index (χ0n) is 13.4. The second kappa shape index (κ2) is 6.43. The molecule has 1 aliphatic rings. The Kier molecular flexibility index (Phi) is 4.83. The molecule has 1 saturated heterocycles. The van der Waals surface area contributed by atoms with Crippen LogP contribution in [0.1, 0.15) is 39.4 Å². The lowest BCUT2D eigenvalue weighted by atomic mass is 10.1. The fourth-order valence-corrected chi connectivity index (χ4v) is 2.43. The highest BCUT2D eigenvalue weighted by Crippen LogP contribution is 2.20. The number of piperazine rings is 1. The SMILES string of the molecule is C[C@H](c1ccccn1)N1CCN(C(=O)OC(C)(C)C)CC1. The van der Waals surface area contributed by atoms with E-state index in [0.717, 1.165) is 18.8 Å². The molecule has 2 heterocycles. The second-order valence-electron chi connectivity index (χ2n) is 6.43. The molecule has 0 unspecified atom stereocenters. The number of amides is 1. The Balaban J connectivity index is 1.87. The van der Waals surface area contributed by atoms with Crippen molar-refractivity contribution in [3.63, 3.8) is 0 Å². The number of hydrogen-bond acceptors (Lipinski definition) is 4. The van der Waals surface area contributed by atoms with Crippen LogP contribution in [0.3, 0.4) is 0 Å². The minimum atomic E-state index is -0.435. The smallest absolute Gasteiger partial charge is 0.410 e. The zero-order chi connectivity index (χ0) is 15.5. The highest BCUT2D eigenvalue weighted by Gasteiger charge is 2.28. The van der Waals surface area contributed by atoms with Gasteiger partial charge in [-0.25, -0.2) is 4.79 Å². The van der Waals surface area contributed by atoms with Gasteiger partial charge in [0.1, 0.15) is 5.60 Å². The van der Waals surface area contributed by atoms with Crippen LogP contribution in [0, 0.1) is 0 Å². The minimum absolute atomic E-state index is 0.215. The van der Waals surface area contributed by atoms with Crippen molar-refractivity contribution < 1.29 is 9.53 Å². The van der Waals surface area contributed by atoms with Crippen LogP contribution < -0.4 is 0 Å². The number of carbonyl (C=O) groups is 1. The summed E-state index contributed by atoms with van der Waals surface area (Å²) < 4.78 is 5.41. The first-order valence-corrected chi connectivity index (χ1v) is 7.50. The first-order chi connectivity index (χ1) is 9.87. The van der Waals surface area contributed by atoms with E-state index < -0.39 is 5.60 Å². The van der Waals surface area contributed by atoms with Crippen LogP contribution in [0.2, 0.25) is 0 Å². The van der Waals surface area contributed by atoms with Crippen LogP contribution in [0.15, 0.2) is 24.4 Å². The van der Waals surface area contributed by atoms with Crippen molar-refractivity contribution in [1.82, 2.24) is 14.8 Å². The first kappa shape index (κ1) is 15.8. The molecule has 1 aromatic heterocycles. The van der Waals surface area contributed by atoms with Crippen molar-refractivity contribution in [1.29, 1.82) is 0 Å². The molecule has 0 radical (unpaired) electrons. The van der Waals surface area contributed by atoms with Gasteiger partial charge in [-0.05, 0) is 39.8 Å². The number of nitrogens with zero attached hydrogens (tertiary/aromatic N) is 3. The molecule has 1 aromatic rings. The van der Waals surface area contributed by atoms with E-state index in [1.807, 2.05) is 45.2 Å². The van der Waals surface area contributed by atoms with Gasteiger partial charge in [0.25, 0.3) is 0 Å². The van der Waals surface area contributed by atoms with Crippen molar-refractivity contribution in [2.45, 2.75) is 39.3 Å². The van der Waals surface area contributed by atoms with E-state index in [4.69, 9.17) is 4.74 Å². The molecule has 116 valence electrons. The van der Waals surface area contributed by atoms with Gasteiger partial charge in [-0.15, -0.1) is 0 Å². The van der Waals surface area contributed by atoms with Gasteiger partial charge in [0.15, 0.2) is 0 Å². The molecule has 0 bridgehead atoms. The average molecular weight is 291 g/mol. The predicted molar refractivity (Wildman–Crippen MR) is 82.0 cm³/mol. The van der Waals surface area contributed by atoms with Crippen LogP contribution in [-0.2, 0) is 4.74 Å². The summed E-state index contributed by atoms with van der Waals surface area (Å²) in [5.74, 6) is 0. The quantitative estimate of drug-likeness (QED) is 0.840. The summed E-state index contributed by atoms with van der Waals surface area (Å²) in [5, 5.41) is 0. The van der Waals surface area contributed by atoms with Gasteiger partial charge in [0, 0.05) is 38.4 Å². The molecule has 0 aliphatic carbocycles. The summed E-state index contributed by atoms with van der Waals surface area (Å²) in [7, 11) is 0. The van der Waals surface area contributed by atoms with Crippen LogP contribution in [0.5, 0.6) is 0 Å². The van der Waals surface area contributed by atoms with E-state index in [1.54, 1.807) is 4.90 Å². The molecular formula is C16H25N3O2. The normalized spacial score (nSPS) is 18.4. The largest absolute Gasteiger partial charge is 0.444 e. The molecule has 1 fully saturated rings. The number of aromatic nitrogens is 1. The predicted octanol–water partition coefficient (Wildman–Crippen LogP) is 2.70. The van der Waals surface area contributed by atoms with E-state index in [-0.39, 0.29) is 12.1 Å². The molecule has 1 atom stereocenters. The molecule has 1 amide bonds. The average Bonchev–Trinajstić information content (AvgIpc) is 2.46. The number of pyridine rings is 1. The maximum atomic E-state index is 12.0. The number of carbonyl (C=O) groups excluding carboxylic acids is 1. The third-order valence-corrected chi connectivity index (χ3v) is 3.63. The third-order valence-electron chi connectivity index (χ3n) is 3.63. The lowest BCUT2D eigenvalue weighted by molar-refractivity contribution is 0.0108. The lowest BCUT2D eigenvalue weighted by Gasteiger charge is -2.38. The number of ether oxygens (including phenoxy) is 1. The Bertz CT molecular complexity index is 462. The van der Waals surface area contributed by atoms with Crippen LogP contribution >= 0.6 is 0 Å². The monoisotopic (exact) mass is 291 g/mol. The van der Waals surface area contributed by atoms with Gasteiger partial charge < -0.3 is 9.64 Å². The van der Waals surface area contributed by atoms with Gasteiger partial charge in [-0.3, -0.25) is 9.88 Å². The maximum absolute atomic E-state index is 12.0. The number of rotatable bonds is 2. The maximum Gasteiger partial charge on any atom is 0.410 e. The summed E-state index contributed by atoms with van der Waals surface area (Å²) in [4.78, 5) is 20.6. The van der Waals surface area contributed by atoms with E-state index in [2.05, 4.69) is 16.8 Å². The molecule has 0 saturated carbocycles. The van der Waals surface area contributed by atoms with Crippen molar-refractivity contribution in [3.05, 3.63) is 30.1 Å². The van der Waals surface area contributed by atoms with E-state index in [1.165, 1.54) is 0 Å². The van der Waals surface area contributed by atoms with E-state index >= 15 is 0 Å². The van der Waals surface area contributed by atoms with Crippen LogP contribution in [0.25, 0.3) is 0 Å². The highest BCUT2D eigenvalue weighted by atomic mass is 16.6. The molecule has 0 spiro atoms. The van der Waals surface area contributed by atoms with Crippen molar-refractivity contribution in [2.24, 2.45) is 0 Å². The molecule has 2 rings (SSSR count). The van der Waals surface area contributed by atoms with Crippen molar-refractivity contribution in [3.8, 4) is 0 Å². The van der Waals surface area contributed by atoms with Gasteiger partial charge in [-0.2, -0.15) is 0 Å². The standard InChI is InChI=1S/C16H25N3O2/c1-13(14-7-5-6-8-17-14)18-9-11-19(12-10-18)15(20)21-16(2,3)4/h5-8,13H,9-12H2,1-4H3/t13-/m1/s1. The molecule has 0 aromatic carbocycles. The summed E-state index contributed by atoms with van der Waals surface area (Å²) in [5.41, 5.74) is 0.637. The fraction of sp³-hybridized carbons (Fsp3) is 0.625. The Labute approximate surface area is 126 Å². The molecule has 1 aliphatic heterocycles. The Morgan fingerprint density at radius 2 is 1.90 bits per heavy atom. The van der Waals surface area contributed by atoms with Gasteiger partial charge in [0.2, 0.25) is 0 Å². The highest BCUT2D eigenvalue weighted by molar-refractivity contribution is 5.68. The Hall–Kier alpha value is -1.62. The zero-order valence-corrected chi connectivity index (χ0v) is 13.4. The molecule has 0 N–H and O–H groups in total. The van der Waals surface area contributed by atoms with Gasteiger partial charge in [-0.1, -0.05) is 6.07 Å². The third kappa shape index (κ3) is 4.43. The summed E-state index contributed by atoms with van der Waals surface area (Å²) in [6, 6.07) is 6.25. The minimum Gasteiger partial charge on any atom is -0.444 e. The topological polar surface area (TPSA) is 45.7 Å². The molecular weight excluding hydrogens is 266 g/mol. The van der Waals surface area contributed by atoms with Crippen LogP contribution in [0.4, 0.5) is 4.79 Å². The van der Waals surface area contributed by atoms with Crippen molar-refractivity contribution >= 4 is 6.09 Å². The van der Waals surface area contributed by atoms with E-state index in [0.29, 0.717) is 13.1 Å². The lowest BCUT2D eigenvalue weighted by Crippen LogP contribution is -2.50. The van der Waals surface area contributed by atoms with Crippen LogP contribution in [-0.4, -0.2) is 52.7 Å². The Morgan fingerprint density at radius 1 is 1.24 bits per heavy atom. The summed E-state index contributed by atoms with van der Waals surface area (Å²) >= 11 is 0. The molecule has 5 nitrogen and oxygen atoms in total. The molecule has 5 heteroatoms. The number of hydrogen-bond donors (Lipinski definition) is 0. The second-order valence-corrected chi connectivity index (χ2v) is 6.43. The molecule has 21 heavy (non-hydrogen) atoms. The van der Waals surface area contributed by atoms with Gasteiger partial charge in [0.05, 0.1) is 5.69 Å².